The van der Waals surface area contributed by atoms with Crippen LogP contribution in [-0.4, -0.2) is 49.2 Å². The van der Waals surface area contributed by atoms with Crippen molar-refractivity contribution in [1.29, 1.82) is 0 Å². The molecule has 1 aromatic rings. The highest BCUT2D eigenvalue weighted by Gasteiger charge is 2.19. The number of ether oxygens (including phenoxy) is 1. The number of aryl methyl sites for hydroxylation is 1. The van der Waals surface area contributed by atoms with Gasteiger partial charge in [0.15, 0.2) is 0 Å². The molecule has 1 aromatic carbocycles. The molecule has 4 heteroatoms. The zero-order valence-corrected chi connectivity index (χ0v) is 13.8. The average molecular weight is 295 g/mol. The average Bonchev–Trinajstić information content (AvgIpc) is 2.42. The van der Waals surface area contributed by atoms with E-state index >= 15 is 0 Å². The molecular weight excluding hydrogens is 270 g/mol. The highest BCUT2D eigenvalue weighted by atomic mass is 32.2. The first-order valence-electron chi connectivity index (χ1n) is 6.95. The van der Waals surface area contributed by atoms with Crippen molar-refractivity contribution in [1.82, 2.24) is 4.90 Å². The van der Waals surface area contributed by atoms with Crippen molar-refractivity contribution in [2.24, 2.45) is 0 Å². The van der Waals surface area contributed by atoms with E-state index in [1.807, 2.05) is 50.1 Å². The number of rotatable bonds is 7. The fourth-order valence-corrected chi connectivity index (χ4v) is 2.99. The first-order valence-corrected chi connectivity index (χ1v) is 8.75. The van der Waals surface area contributed by atoms with Gasteiger partial charge in [-0.25, -0.2) is 0 Å². The molecule has 0 aliphatic heterocycles. The van der Waals surface area contributed by atoms with Gasteiger partial charge in [0.2, 0.25) is 0 Å². The lowest BCUT2D eigenvalue weighted by Crippen LogP contribution is -2.34. The van der Waals surface area contributed by atoms with E-state index in [1.165, 1.54) is 0 Å². The van der Waals surface area contributed by atoms with Crippen LogP contribution in [0.3, 0.4) is 0 Å². The Morgan fingerprint density at radius 3 is 2.65 bits per heavy atom. The maximum absolute atomic E-state index is 12.8. The molecule has 0 saturated carbocycles. The van der Waals surface area contributed by atoms with Crippen LogP contribution in [0.25, 0.3) is 0 Å². The van der Waals surface area contributed by atoms with Gasteiger partial charge in [-0.15, -0.1) is 0 Å². The fraction of sp³-hybridized carbons (Fsp3) is 0.500. The van der Waals surface area contributed by atoms with Gasteiger partial charge in [0, 0.05) is 24.6 Å². The van der Waals surface area contributed by atoms with E-state index in [1.54, 1.807) is 0 Å². The van der Waals surface area contributed by atoms with Crippen molar-refractivity contribution < 1.29 is 9.53 Å². The molecule has 0 aromatic heterocycles. The predicted molar refractivity (Wildman–Crippen MR) is 88.2 cm³/mol. The Balaban J connectivity index is 3.03. The zero-order chi connectivity index (χ0) is 15.1. The smallest absolute Gasteiger partial charge is 0.255 e. The number of carbonyl (C=O) groups excluding carboxylic acids is 1. The third kappa shape index (κ3) is 4.18. The molecular formula is C16H25NO2S. The molecule has 1 amide bonds. The second-order valence-corrected chi connectivity index (χ2v) is 6.38. The molecule has 0 N–H and O–H groups in total. The topological polar surface area (TPSA) is 29.5 Å². The number of amides is 1. The van der Waals surface area contributed by atoms with Crippen LogP contribution in [-0.2, 0) is 4.74 Å². The summed E-state index contributed by atoms with van der Waals surface area (Å²) in [4.78, 5) is 15.7. The summed E-state index contributed by atoms with van der Waals surface area (Å²) in [5.74, 6) is 4.17. The Labute approximate surface area is 124 Å². The second-order valence-electron chi connectivity index (χ2n) is 4.67. The minimum absolute atomic E-state index is 0.0864. The molecule has 0 saturated heterocycles. The first-order chi connectivity index (χ1) is 9.52. The van der Waals surface area contributed by atoms with Gasteiger partial charge in [-0.05, 0) is 38.7 Å². The Bertz CT molecular complexity index is 485. The molecule has 0 aliphatic rings. The van der Waals surface area contributed by atoms with Gasteiger partial charge in [0.25, 0.3) is 5.91 Å². The zero-order valence-electron chi connectivity index (χ0n) is 12.9. The summed E-state index contributed by atoms with van der Waals surface area (Å²) in [7, 11) is -0.176. The van der Waals surface area contributed by atoms with Gasteiger partial charge >= 0.3 is 0 Å². The van der Waals surface area contributed by atoms with Crippen molar-refractivity contribution in [3.05, 3.63) is 29.3 Å². The van der Waals surface area contributed by atoms with Gasteiger partial charge in [0.05, 0.1) is 12.2 Å². The highest BCUT2D eigenvalue weighted by molar-refractivity contribution is 8.13. The summed E-state index contributed by atoms with van der Waals surface area (Å²) in [5, 5.41) is 0. The quantitative estimate of drug-likeness (QED) is 0.571. The van der Waals surface area contributed by atoms with Gasteiger partial charge in [0.1, 0.15) is 0 Å². The van der Waals surface area contributed by atoms with Crippen LogP contribution in [0.4, 0.5) is 0 Å². The summed E-state index contributed by atoms with van der Waals surface area (Å²) in [5.41, 5.74) is 1.83. The standard InChI is InChI=1S/C16H25NO2S/c1-6-17(11-12-19-7-2)16(18)15-13(3)9-8-10-14(15)20(4)5/h8-10H,4,6-7,11-12H2,1-3,5H3. The maximum Gasteiger partial charge on any atom is 0.255 e. The normalized spacial score (nSPS) is 12.2. The Kier molecular flexibility index (Phi) is 6.96. The number of hydrogen-bond donors (Lipinski definition) is 0. The van der Waals surface area contributed by atoms with E-state index in [2.05, 4.69) is 5.87 Å². The van der Waals surface area contributed by atoms with Crippen LogP contribution >= 0.6 is 10.5 Å². The van der Waals surface area contributed by atoms with Crippen molar-refractivity contribution in [3.8, 4) is 0 Å². The fourth-order valence-electron chi connectivity index (χ4n) is 2.09. The van der Waals surface area contributed by atoms with Crippen LogP contribution < -0.4 is 0 Å². The van der Waals surface area contributed by atoms with Crippen LogP contribution in [0, 0.1) is 6.92 Å². The number of nitrogens with zero attached hydrogens (tertiary/aromatic N) is 1. The molecule has 1 unspecified atom stereocenters. The Morgan fingerprint density at radius 2 is 2.10 bits per heavy atom. The van der Waals surface area contributed by atoms with Crippen molar-refractivity contribution in [2.75, 3.05) is 32.6 Å². The monoisotopic (exact) mass is 295 g/mol. The Morgan fingerprint density at radius 1 is 1.40 bits per heavy atom. The summed E-state index contributed by atoms with van der Waals surface area (Å²) in [6, 6.07) is 5.99. The summed E-state index contributed by atoms with van der Waals surface area (Å²) in [6.45, 7) is 8.53. The number of benzene rings is 1. The molecule has 0 spiro atoms. The van der Waals surface area contributed by atoms with Crippen LogP contribution in [0.15, 0.2) is 23.1 Å². The molecule has 0 aliphatic carbocycles. The SMILES string of the molecule is C=S(C)c1cccc(C)c1C(=O)N(CC)CCOCC. The van der Waals surface area contributed by atoms with Crippen LogP contribution in [0.5, 0.6) is 0 Å². The summed E-state index contributed by atoms with van der Waals surface area (Å²) < 4.78 is 5.36. The summed E-state index contributed by atoms with van der Waals surface area (Å²) >= 11 is 0. The Hall–Kier alpha value is -1.13. The lowest BCUT2D eigenvalue weighted by molar-refractivity contribution is 0.0665. The summed E-state index contributed by atoms with van der Waals surface area (Å²) in [6.07, 6.45) is 2.04. The molecule has 20 heavy (non-hydrogen) atoms. The lowest BCUT2D eigenvalue weighted by atomic mass is 10.1. The first kappa shape index (κ1) is 16.9. The van der Waals surface area contributed by atoms with Gasteiger partial charge < -0.3 is 9.64 Å². The second kappa shape index (κ2) is 8.22. The molecule has 0 radical (unpaired) electrons. The van der Waals surface area contributed by atoms with Gasteiger partial charge in [-0.2, -0.15) is 10.5 Å². The highest BCUT2D eigenvalue weighted by Crippen LogP contribution is 2.28. The molecule has 112 valence electrons. The molecule has 0 bridgehead atoms. The maximum atomic E-state index is 12.8. The molecule has 3 nitrogen and oxygen atoms in total. The third-order valence-electron chi connectivity index (χ3n) is 3.20. The van der Waals surface area contributed by atoms with Gasteiger partial charge in [-0.1, -0.05) is 18.0 Å². The molecule has 1 atom stereocenters. The minimum atomic E-state index is -0.176. The molecule has 0 fully saturated rings. The van der Waals surface area contributed by atoms with E-state index in [0.717, 1.165) is 16.0 Å². The lowest BCUT2D eigenvalue weighted by Gasteiger charge is -2.23. The van der Waals surface area contributed by atoms with Crippen molar-refractivity contribution in [3.63, 3.8) is 0 Å². The van der Waals surface area contributed by atoms with Crippen molar-refractivity contribution in [2.45, 2.75) is 25.7 Å². The predicted octanol–water partition coefficient (Wildman–Crippen LogP) is 3.18. The van der Waals surface area contributed by atoms with Gasteiger partial charge in [-0.3, -0.25) is 4.79 Å². The van der Waals surface area contributed by atoms with Crippen LogP contribution in [0.1, 0.15) is 29.8 Å². The largest absolute Gasteiger partial charge is 0.380 e. The molecule has 1 rings (SSSR count). The van der Waals surface area contributed by atoms with E-state index in [4.69, 9.17) is 4.74 Å². The number of likely N-dealkylation sites (N-methyl/N-ethyl adjacent to an activating group) is 1. The third-order valence-corrected chi connectivity index (χ3v) is 4.29. The van der Waals surface area contributed by atoms with E-state index in [0.29, 0.717) is 26.3 Å². The van der Waals surface area contributed by atoms with Crippen molar-refractivity contribution >= 4 is 22.3 Å². The van der Waals surface area contributed by atoms with E-state index in [-0.39, 0.29) is 16.4 Å². The number of hydrogen-bond acceptors (Lipinski definition) is 2. The van der Waals surface area contributed by atoms with E-state index < -0.39 is 0 Å². The van der Waals surface area contributed by atoms with Crippen LogP contribution in [0.2, 0.25) is 0 Å². The molecule has 0 heterocycles. The van der Waals surface area contributed by atoms with E-state index in [9.17, 15) is 4.79 Å². The minimum Gasteiger partial charge on any atom is -0.380 e. The number of carbonyl (C=O) groups is 1.